The molecule has 0 bridgehead atoms. The zero-order valence-corrected chi connectivity index (χ0v) is 13.2. The van der Waals surface area contributed by atoms with Crippen LogP contribution in [0.3, 0.4) is 0 Å². The van der Waals surface area contributed by atoms with Crippen LogP contribution < -0.4 is 5.73 Å². The number of allylic oxidation sites excluding steroid dienone is 4. The predicted molar refractivity (Wildman–Crippen MR) is 89.3 cm³/mol. The third kappa shape index (κ3) is 6.09. The second-order valence-corrected chi connectivity index (χ2v) is 5.09. The molecule has 0 unspecified atom stereocenters. The first-order chi connectivity index (χ1) is 9.67. The number of halogens is 1. The van der Waals surface area contributed by atoms with Gasteiger partial charge in [-0.15, -0.1) is 0 Å². The summed E-state index contributed by atoms with van der Waals surface area (Å²) < 4.78 is 13.7. The van der Waals surface area contributed by atoms with Crippen molar-refractivity contribution < 1.29 is 4.39 Å². The summed E-state index contributed by atoms with van der Waals surface area (Å²) in [7, 11) is 0. The number of nitrogens with zero attached hydrogens (tertiary/aromatic N) is 1. The maximum atomic E-state index is 13.7. The van der Waals surface area contributed by atoms with Gasteiger partial charge in [-0.2, -0.15) is 5.26 Å². The molecule has 0 heterocycles. The number of rotatable bonds is 3. The minimum absolute atomic E-state index is 0.412. The van der Waals surface area contributed by atoms with E-state index < -0.39 is 5.67 Å². The van der Waals surface area contributed by atoms with E-state index in [1.165, 1.54) is 6.08 Å². The van der Waals surface area contributed by atoms with E-state index >= 15 is 0 Å². The van der Waals surface area contributed by atoms with Crippen molar-refractivity contribution in [3.05, 3.63) is 60.2 Å². The molecular weight excluding hydrogens is 263 g/mol. The van der Waals surface area contributed by atoms with E-state index in [0.29, 0.717) is 16.8 Å². The van der Waals surface area contributed by atoms with Crippen LogP contribution in [0.25, 0.3) is 5.57 Å². The van der Waals surface area contributed by atoms with Gasteiger partial charge in [-0.1, -0.05) is 31.4 Å². The van der Waals surface area contributed by atoms with Crippen LogP contribution in [0.4, 0.5) is 10.1 Å². The van der Waals surface area contributed by atoms with Crippen LogP contribution in [0.1, 0.15) is 38.8 Å². The Morgan fingerprint density at radius 1 is 1.43 bits per heavy atom. The molecule has 0 aliphatic rings. The van der Waals surface area contributed by atoms with Crippen LogP contribution >= 0.6 is 0 Å². The third-order valence-corrected chi connectivity index (χ3v) is 2.99. The number of nitrogens with two attached hydrogens (primary N) is 1. The average molecular weight is 286 g/mol. The van der Waals surface area contributed by atoms with E-state index in [9.17, 15) is 4.39 Å². The fourth-order valence-electron chi connectivity index (χ4n) is 1.47. The molecule has 0 aliphatic carbocycles. The summed E-state index contributed by atoms with van der Waals surface area (Å²) in [5, 5.41) is 7.91. The third-order valence-electron chi connectivity index (χ3n) is 2.99. The van der Waals surface area contributed by atoms with Gasteiger partial charge in [-0.25, -0.2) is 4.39 Å². The molecule has 0 aromatic heterocycles. The molecule has 112 valence electrons. The second-order valence-electron chi connectivity index (χ2n) is 5.09. The maximum absolute atomic E-state index is 13.7. The highest BCUT2D eigenvalue weighted by Gasteiger charge is 2.19. The van der Waals surface area contributed by atoms with E-state index in [1.54, 1.807) is 32.0 Å². The fourth-order valence-corrected chi connectivity index (χ4v) is 1.47. The van der Waals surface area contributed by atoms with E-state index in [4.69, 9.17) is 11.0 Å². The number of benzene rings is 1. The minimum Gasteiger partial charge on any atom is -0.398 e. The van der Waals surface area contributed by atoms with E-state index in [-0.39, 0.29) is 0 Å². The van der Waals surface area contributed by atoms with Crippen molar-refractivity contribution in [1.82, 2.24) is 0 Å². The molecule has 0 fully saturated rings. The van der Waals surface area contributed by atoms with Crippen LogP contribution in [-0.4, -0.2) is 0 Å². The molecule has 0 amide bonds. The highest BCUT2D eigenvalue weighted by molar-refractivity contribution is 5.74. The highest BCUT2D eigenvalue weighted by atomic mass is 19.1. The van der Waals surface area contributed by atoms with E-state index in [0.717, 1.165) is 11.1 Å². The normalized spacial score (nSPS) is 11.0. The van der Waals surface area contributed by atoms with Crippen molar-refractivity contribution >= 4 is 11.3 Å². The first kappa shape index (κ1) is 18.7. The molecule has 0 atom stereocenters. The number of hydrogen-bond donors (Lipinski definition) is 1. The molecule has 21 heavy (non-hydrogen) atoms. The summed E-state index contributed by atoms with van der Waals surface area (Å²) in [6, 6.07) is 7.13. The summed E-state index contributed by atoms with van der Waals surface area (Å²) >= 11 is 0. The fraction of sp³-hybridized carbons (Fsp3) is 0.278. The molecular formula is C18H23FN2. The molecule has 0 radical (unpaired) electrons. The second kappa shape index (κ2) is 8.06. The molecule has 0 saturated carbocycles. The van der Waals surface area contributed by atoms with E-state index in [1.807, 2.05) is 26.0 Å². The van der Waals surface area contributed by atoms with Crippen LogP contribution in [-0.2, 0) is 5.67 Å². The number of alkyl halides is 1. The molecule has 1 rings (SSSR count). The predicted octanol–water partition coefficient (Wildman–Crippen LogP) is 5.15. The van der Waals surface area contributed by atoms with Gasteiger partial charge in [0.25, 0.3) is 0 Å². The number of nitrogen functional groups attached to an aromatic ring is 1. The summed E-state index contributed by atoms with van der Waals surface area (Å²) in [5.74, 6) is 0. The van der Waals surface area contributed by atoms with Gasteiger partial charge in [-0.05, 0) is 51.0 Å². The Labute approximate surface area is 127 Å². The summed E-state index contributed by atoms with van der Waals surface area (Å²) in [6.45, 7) is 13.6. The largest absolute Gasteiger partial charge is 0.398 e. The highest BCUT2D eigenvalue weighted by Crippen LogP contribution is 2.30. The lowest BCUT2D eigenvalue weighted by molar-refractivity contribution is 0.221. The van der Waals surface area contributed by atoms with Crippen molar-refractivity contribution in [1.29, 1.82) is 5.26 Å². The van der Waals surface area contributed by atoms with Crippen molar-refractivity contribution in [3.8, 4) is 6.07 Å². The zero-order chi connectivity index (χ0) is 16.6. The van der Waals surface area contributed by atoms with Gasteiger partial charge in [-0.3, -0.25) is 0 Å². The summed E-state index contributed by atoms with van der Waals surface area (Å²) in [5.41, 5.74) is 8.27. The van der Waals surface area contributed by atoms with Crippen LogP contribution in [0.2, 0.25) is 0 Å². The van der Waals surface area contributed by atoms with Crippen LogP contribution in [0.15, 0.2) is 49.1 Å². The van der Waals surface area contributed by atoms with Gasteiger partial charge in [0.1, 0.15) is 5.67 Å². The first-order valence-corrected chi connectivity index (χ1v) is 6.61. The molecule has 0 spiro atoms. The Morgan fingerprint density at radius 3 is 2.33 bits per heavy atom. The molecule has 0 aliphatic heterocycles. The molecule has 1 aromatic carbocycles. The van der Waals surface area contributed by atoms with Gasteiger partial charge >= 0.3 is 0 Å². The quantitative estimate of drug-likeness (QED) is 0.474. The Hall–Kier alpha value is -2.34. The maximum Gasteiger partial charge on any atom is 0.130 e. The summed E-state index contributed by atoms with van der Waals surface area (Å²) in [4.78, 5) is 0. The minimum atomic E-state index is -1.32. The molecule has 0 saturated heterocycles. The van der Waals surface area contributed by atoms with Crippen molar-refractivity contribution in [3.63, 3.8) is 0 Å². The Balaban J connectivity index is 0.000000567. The Bertz CT molecular complexity index is 584. The number of nitriles is 1. The lowest BCUT2D eigenvalue weighted by Crippen LogP contribution is -2.09. The molecule has 2 N–H and O–H groups in total. The van der Waals surface area contributed by atoms with Gasteiger partial charge in [0.2, 0.25) is 0 Å². The first-order valence-electron chi connectivity index (χ1n) is 6.61. The van der Waals surface area contributed by atoms with Crippen molar-refractivity contribution in [2.75, 3.05) is 5.73 Å². The van der Waals surface area contributed by atoms with Gasteiger partial charge in [0.05, 0.1) is 6.07 Å². The zero-order valence-electron chi connectivity index (χ0n) is 13.2. The summed E-state index contributed by atoms with van der Waals surface area (Å²) in [6.07, 6.45) is 3.39. The average Bonchev–Trinajstić information content (AvgIpc) is 2.45. The van der Waals surface area contributed by atoms with Crippen LogP contribution in [0, 0.1) is 11.3 Å². The molecule has 1 aromatic rings. The van der Waals surface area contributed by atoms with Gasteiger partial charge < -0.3 is 5.73 Å². The number of anilines is 1. The molecule has 3 heteroatoms. The van der Waals surface area contributed by atoms with Crippen molar-refractivity contribution in [2.45, 2.75) is 33.4 Å². The van der Waals surface area contributed by atoms with Gasteiger partial charge in [0.15, 0.2) is 0 Å². The smallest absolute Gasteiger partial charge is 0.130 e. The Morgan fingerprint density at radius 2 is 2.00 bits per heavy atom. The monoisotopic (exact) mass is 286 g/mol. The Kier molecular flexibility index (Phi) is 7.16. The number of hydrogen-bond acceptors (Lipinski definition) is 2. The van der Waals surface area contributed by atoms with Gasteiger partial charge in [0, 0.05) is 16.8 Å². The van der Waals surface area contributed by atoms with E-state index in [2.05, 4.69) is 13.2 Å². The van der Waals surface area contributed by atoms with Crippen molar-refractivity contribution in [2.24, 2.45) is 0 Å². The lowest BCUT2D eigenvalue weighted by atomic mass is 9.94. The SMILES string of the molecule is C/C=C(\C)c1cc(C(C)(C)F)ccc1N.C=CC(=C)C#N. The lowest BCUT2D eigenvalue weighted by Gasteiger charge is -2.17. The van der Waals surface area contributed by atoms with Crippen LogP contribution in [0.5, 0.6) is 0 Å². The molecule has 2 nitrogen and oxygen atoms in total. The topological polar surface area (TPSA) is 49.8 Å². The standard InChI is InChI=1S/C13H18FN.C5H5N/c1-5-9(2)11-8-10(13(3,4)14)6-7-12(11)15;1-3-5(2)4-6/h5-8H,15H2,1-4H3;3H,1-2H2/b9-5+;.